The lowest BCUT2D eigenvalue weighted by atomic mass is 9.83. The van der Waals surface area contributed by atoms with E-state index in [4.69, 9.17) is 15.4 Å². The molecule has 1 aromatic heterocycles. The lowest BCUT2D eigenvalue weighted by molar-refractivity contribution is 0.669. The molecular formula is C44H28O. The van der Waals surface area contributed by atoms with Gasteiger partial charge in [-0.25, -0.2) is 0 Å². The van der Waals surface area contributed by atoms with Crippen LogP contribution in [-0.4, -0.2) is 0 Å². The minimum atomic E-state index is -0.592. The monoisotopic (exact) mass is 581 g/mol. The summed E-state index contributed by atoms with van der Waals surface area (Å²) < 4.78 is 85.1. The molecule has 9 rings (SSSR count). The standard InChI is InChI=1S/C44H28O/c1-3-14-29(15-4-1)31-26-27-38-41(28-31)45-40-25-13-24-39(44(38)40)43-36-22-11-9-20-34(36)42(35-21-10-12-23-37(35)43)33-19-8-7-18-32(33)30-16-5-2-6-17-30/h1-28H/i2D,5D,6D,7D,8D,16D,17D,18D,19D. The number of fused-ring (bicyclic) bond motifs is 5. The molecule has 0 aliphatic rings. The highest BCUT2D eigenvalue weighted by Gasteiger charge is 2.21. The second kappa shape index (κ2) is 10.4. The summed E-state index contributed by atoms with van der Waals surface area (Å²) in [6.45, 7) is 0. The van der Waals surface area contributed by atoms with E-state index in [1.54, 1.807) is 0 Å². The molecule has 8 aromatic carbocycles. The summed E-state index contributed by atoms with van der Waals surface area (Å²) in [6, 6.07) is 32.8. The van der Waals surface area contributed by atoms with Crippen LogP contribution in [0.4, 0.5) is 0 Å². The first kappa shape index (κ1) is 18.0. The average Bonchev–Trinajstić information content (AvgIpc) is 3.58. The third kappa shape index (κ3) is 4.09. The van der Waals surface area contributed by atoms with Gasteiger partial charge in [0.05, 0.1) is 12.3 Å². The van der Waals surface area contributed by atoms with Crippen LogP contribution >= 0.6 is 0 Å². The van der Waals surface area contributed by atoms with Crippen molar-refractivity contribution in [2.45, 2.75) is 0 Å². The summed E-state index contributed by atoms with van der Waals surface area (Å²) in [5.41, 5.74) is 5.46. The zero-order valence-electron chi connectivity index (χ0n) is 32.9. The maximum Gasteiger partial charge on any atom is 0.136 e. The maximum atomic E-state index is 9.32. The highest BCUT2D eigenvalue weighted by atomic mass is 16.3. The molecule has 0 aliphatic carbocycles. The predicted molar refractivity (Wildman–Crippen MR) is 190 cm³/mol. The van der Waals surface area contributed by atoms with Crippen LogP contribution in [-0.2, 0) is 0 Å². The second-order valence-electron chi connectivity index (χ2n) is 10.9. The van der Waals surface area contributed by atoms with Gasteiger partial charge in [-0.3, -0.25) is 0 Å². The molecule has 0 radical (unpaired) electrons. The van der Waals surface area contributed by atoms with E-state index in [1.165, 1.54) is 0 Å². The van der Waals surface area contributed by atoms with E-state index in [0.29, 0.717) is 21.9 Å². The van der Waals surface area contributed by atoms with Crippen LogP contribution in [0.15, 0.2) is 174 Å². The fourth-order valence-corrected chi connectivity index (χ4v) is 6.59. The Kier molecular flexibility index (Phi) is 4.15. The van der Waals surface area contributed by atoms with E-state index in [0.717, 1.165) is 49.4 Å². The molecule has 0 bridgehead atoms. The Hall–Kier alpha value is -5.92. The topological polar surface area (TPSA) is 13.1 Å². The number of rotatable bonds is 4. The zero-order valence-corrected chi connectivity index (χ0v) is 23.9. The molecular weight excluding hydrogens is 544 g/mol. The van der Waals surface area contributed by atoms with E-state index in [-0.39, 0.29) is 22.7 Å². The molecule has 9 aromatic rings. The minimum Gasteiger partial charge on any atom is -0.456 e. The molecule has 0 saturated heterocycles. The summed E-state index contributed by atoms with van der Waals surface area (Å²) >= 11 is 0. The minimum absolute atomic E-state index is 0.0545. The molecule has 0 fully saturated rings. The van der Waals surface area contributed by atoms with E-state index < -0.39 is 48.3 Å². The van der Waals surface area contributed by atoms with Crippen LogP contribution in [0.1, 0.15) is 12.3 Å². The Labute approximate surface area is 274 Å². The number of furan rings is 1. The molecule has 0 atom stereocenters. The number of benzene rings is 8. The summed E-state index contributed by atoms with van der Waals surface area (Å²) in [7, 11) is 0. The molecule has 0 aliphatic heterocycles. The molecule has 0 unspecified atom stereocenters. The van der Waals surface area contributed by atoms with Gasteiger partial charge in [-0.1, -0.05) is 151 Å². The molecule has 45 heavy (non-hydrogen) atoms. The van der Waals surface area contributed by atoms with Gasteiger partial charge >= 0.3 is 0 Å². The van der Waals surface area contributed by atoms with Crippen LogP contribution in [0.3, 0.4) is 0 Å². The fourth-order valence-electron chi connectivity index (χ4n) is 6.59. The highest BCUT2D eigenvalue weighted by molar-refractivity contribution is 6.26. The van der Waals surface area contributed by atoms with Crippen molar-refractivity contribution >= 4 is 43.5 Å². The lowest BCUT2D eigenvalue weighted by Crippen LogP contribution is -1.93. The smallest absolute Gasteiger partial charge is 0.136 e. The van der Waals surface area contributed by atoms with Gasteiger partial charge in [0.25, 0.3) is 0 Å². The SMILES string of the molecule is [2H]c1c([2H])c([2H])c(-c2c([2H])c([2H])c([2H])c([2H])c2-c2c3ccccc3c(-c3cccc4oc5cc(-c6ccccc6)ccc5c34)c3ccccc23)c([2H])c1[2H]. The average molecular weight is 582 g/mol. The van der Waals surface area contributed by atoms with Gasteiger partial charge in [0.2, 0.25) is 0 Å². The van der Waals surface area contributed by atoms with Crippen LogP contribution in [0.2, 0.25) is 0 Å². The normalized spacial score (nSPS) is 14.4. The van der Waals surface area contributed by atoms with Crippen molar-refractivity contribution in [1.82, 2.24) is 0 Å². The van der Waals surface area contributed by atoms with Gasteiger partial charge in [0, 0.05) is 10.8 Å². The van der Waals surface area contributed by atoms with E-state index >= 15 is 0 Å². The third-order valence-corrected chi connectivity index (χ3v) is 8.49. The Morgan fingerprint density at radius 2 is 0.978 bits per heavy atom. The largest absolute Gasteiger partial charge is 0.456 e. The van der Waals surface area contributed by atoms with Crippen molar-refractivity contribution in [2.24, 2.45) is 0 Å². The molecule has 0 spiro atoms. The maximum absolute atomic E-state index is 9.32. The first-order valence-corrected chi connectivity index (χ1v) is 14.7. The number of hydrogen-bond donors (Lipinski definition) is 0. The van der Waals surface area contributed by atoms with Crippen molar-refractivity contribution in [3.63, 3.8) is 0 Å². The van der Waals surface area contributed by atoms with Crippen molar-refractivity contribution in [3.05, 3.63) is 170 Å². The lowest BCUT2D eigenvalue weighted by Gasteiger charge is -2.20. The van der Waals surface area contributed by atoms with Gasteiger partial charge in [-0.15, -0.1) is 0 Å². The molecule has 0 N–H and O–H groups in total. The second-order valence-corrected chi connectivity index (χ2v) is 10.9. The Bertz CT molecular complexity index is 2960. The van der Waals surface area contributed by atoms with E-state index in [1.807, 2.05) is 78.9 Å². The van der Waals surface area contributed by atoms with E-state index in [9.17, 15) is 1.37 Å². The van der Waals surface area contributed by atoms with Gasteiger partial charge < -0.3 is 4.42 Å². The van der Waals surface area contributed by atoms with Gasteiger partial charge in [0.1, 0.15) is 11.2 Å². The quantitative estimate of drug-likeness (QED) is 0.188. The Morgan fingerprint density at radius 3 is 1.67 bits per heavy atom. The number of hydrogen-bond acceptors (Lipinski definition) is 1. The predicted octanol–water partition coefficient (Wildman–Crippen LogP) is 12.6. The molecule has 1 nitrogen and oxygen atoms in total. The fraction of sp³-hybridized carbons (Fsp3) is 0. The van der Waals surface area contributed by atoms with Crippen molar-refractivity contribution < 1.29 is 16.8 Å². The summed E-state index contributed by atoms with van der Waals surface area (Å²) in [5.74, 6) is 0. The van der Waals surface area contributed by atoms with Crippen LogP contribution in [0, 0.1) is 0 Å². The molecule has 1 heteroatoms. The van der Waals surface area contributed by atoms with Crippen molar-refractivity contribution in [2.75, 3.05) is 0 Å². The summed E-state index contributed by atoms with van der Waals surface area (Å²) in [5, 5.41) is 4.80. The highest BCUT2D eigenvalue weighted by Crippen LogP contribution is 2.48. The first-order valence-electron chi connectivity index (χ1n) is 19.2. The van der Waals surface area contributed by atoms with Crippen LogP contribution in [0.25, 0.3) is 88.0 Å². The first-order chi connectivity index (χ1) is 26.1. The van der Waals surface area contributed by atoms with Crippen LogP contribution < -0.4 is 0 Å². The van der Waals surface area contributed by atoms with Crippen LogP contribution in [0.5, 0.6) is 0 Å². The van der Waals surface area contributed by atoms with Gasteiger partial charge in [-0.2, -0.15) is 0 Å². The summed E-state index contributed by atoms with van der Waals surface area (Å²) in [6.07, 6.45) is 0. The third-order valence-electron chi connectivity index (χ3n) is 8.49. The Balaban J connectivity index is 1.42. The zero-order chi connectivity index (χ0) is 37.6. The molecule has 0 amide bonds. The van der Waals surface area contributed by atoms with Crippen molar-refractivity contribution in [3.8, 4) is 44.5 Å². The van der Waals surface area contributed by atoms with E-state index in [2.05, 4.69) is 36.4 Å². The van der Waals surface area contributed by atoms with Gasteiger partial charge in [-0.05, 0) is 84.3 Å². The summed E-state index contributed by atoms with van der Waals surface area (Å²) in [4.78, 5) is 0. The van der Waals surface area contributed by atoms with Gasteiger partial charge in [0.15, 0.2) is 0 Å². The van der Waals surface area contributed by atoms with Crippen molar-refractivity contribution in [1.29, 1.82) is 0 Å². The molecule has 210 valence electrons. The Morgan fingerprint density at radius 1 is 0.378 bits per heavy atom. The molecule has 0 saturated carbocycles. The molecule has 1 heterocycles.